The summed E-state index contributed by atoms with van der Waals surface area (Å²) < 4.78 is 0. The Morgan fingerprint density at radius 1 is 1.59 bits per heavy atom. The van der Waals surface area contributed by atoms with Crippen LogP contribution in [0.2, 0.25) is 5.15 Å². The van der Waals surface area contributed by atoms with Crippen molar-refractivity contribution in [2.75, 3.05) is 18.8 Å². The molecule has 1 aliphatic rings. The first-order valence-corrected chi connectivity index (χ1v) is 5.81. The molecule has 0 radical (unpaired) electrons. The van der Waals surface area contributed by atoms with Crippen LogP contribution in [0.25, 0.3) is 0 Å². The third kappa shape index (κ3) is 2.58. The van der Waals surface area contributed by atoms with Crippen molar-refractivity contribution in [3.63, 3.8) is 0 Å². The summed E-state index contributed by atoms with van der Waals surface area (Å²) in [6.07, 6.45) is 4.38. The van der Waals surface area contributed by atoms with Gasteiger partial charge in [-0.05, 0) is 19.4 Å². The topological polar surface area (TPSA) is 59.2 Å². The largest absolute Gasteiger partial charge is 0.397 e. The van der Waals surface area contributed by atoms with E-state index in [2.05, 4.69) is 18.0 Å². The van der Waals surface area contributed by atoms with Gasteiger partial charge in [-0.2, -0.15) is 0 Å². The van der Waals surface area contributed by atoms with Crippen molar-refractivity contribution in [2.24, 2.45) is 0 Å². The van der Waals surface area contributed by atoms with Crippen LogP contribution in [0.1, 0.15) is 23.7 Å². The van der Waals surface area contributed by atoms with E-state index in [1.807, 2.05) is 0 Å². The zero-order chi connectivity index (χ0) is 12.4. The van der Waals surface area contributed by atoms with Gasteiger partial charge in [0.1, 0.15) is 5.15 Å². The molecule has 0 aliphatic carbocycles. The second-order valence-electron chi connectivity index (χ2n) is 4.15. The molecule has 2 N–H and O–H groups in total. The highest BCUT2D eigenvalue weighted by Crippen LogP contribution is 2.19. The van der Waals surface area contributed by atoms with E-state index in [1.165, 1.54) is 17.8 Å². The number of halogens is 1. The van der Waals surface area contributed by atoms with Gasteiger partial charge < -0.3 is 10.6 Å². The summed E-state index contributed by atoms with van der Waals surface area (Å²) >= 11 is 5.77. The van der Waals surface area contributed by atoms with Crippen LogP contribution in [0.15, 0.2) is 23.9 Å². The van der Waals surface area contributed by atoms with E-state index >= 15 is 0 Å². The average Bonchev–Trinajstić information content (AvgIpc) is 2.32. The average molecular weight is 252 g/mol. The smallest absolute Gasteiger partial charge is 0.256 e. The predicted molar refractivity (Wildman–Crippen MR) is 67.9 cm³/mol. The number of hydrogen-bond acceptors (Lipinski definition) is 3. The highest BCUT2D eigenvalue weighted by atomic mass is 35.5. The molecule has 0 fully saturated rings. The third-order valence-electron chi connectivity index (χ3n) is 2.86. The van der Waals surface area contributed by atoms with E-state index in [-0.39, 0.29) is 11.1 Å². The van der Waals surface area contributed by atoms with Gasteiger partial charge in [-0.3, -0.25) is 4.79 Å². The maximum atomic E-state index is 12.2. The van der Waals surface area contributed by atoms with Crippen molar-refractivity contribution in [3.05, 3.63) is 34.6 Å². The molecule has 1 aliphatic heterocycles. The minimum atomic E-state index is -0.0875. The van der Waals surface area contributed by atoms with Gasteiger partial charge in [0.05, 0.1) is 17.4 Å². The standard InChI is InChI=1S/C12H14ClN3O/c1-8-2-4-16(5-3-8)12(17)9-6-11(13)15-7-10(9)14/h2,6-7H,3-5,14H2,1H3. The van der Waals surface area contributed by atoms with Gasteiger partial charge in [0, 0.05) is 13.1 Å². The lowest BCUT2D eigenvalue weighted by molar-refractivity contribution is 0.0770. The third-order valence-corrected chi connectivity index (χ3v) is 3.06. The first-order valence-electron chi connectivity index (χ1n) is 5.44. The van der Waals surface area contributed by atoms with Crippen LogP contribution in [-0.2, 0) is 0 Å². The quantitative estimate of drug-likeness (QED) is 0.614. The zero-order valence-corrected chi connectivity index (χ0v) is 10.4. The van der Waals surface area contributed by atoms with Gasteiger partial charge in [0.15, 0.2) is 0 Å². The Balaban J connectivity index is 2.23. The molecule has 2 heterocycles. The fraction of sp³-hybridized carbons (Fsp3) is 0.333. The lowest BCUT2D eigenvalue weighted by atomic mass is 10.1. The van der Waals surface area contributed by atoms with Crippen LogP contribution >= 0.6 is 11.6 Å². The van der Waals surface area contributed by atoms with E-state index < -0.39 is 0 Å². The summed E-state index contributed by atoms with van der Waals surface area (Å²) in [6, 6.07) is 1.52. The summed E-state index contributed by atoms with van der Waals surface area (Å²) in [7, 11) is 0. The molecule has 0 unspecified atom stereocenters. The van der Waals surface area contributed by atoms with Gasteiger partial charge in [0.25, 0.3) is 5.91 Å². The first-order chi connectivity index (χ1) is 8.08. The molecular formula is C12H14ClN3O. The van der Waals surface area contributed by atoms with Crippen LogP contribution in [0.5, 0.6) is 0 Å². The summed E-state index contributed by atoms with van der Waals surface area (Å²) in [4.78, 5) is 17.8. The lowest BCUT2D eigenvalue weighted by Gasteiger charge is -2.25. The number of nitrogens with two attached hydrogens (primary N) is 1. The molecule has 0 bridgehead atoms. The van der Waals surface area contributed by atoms with Gasteiger partial charge in [-0.15, -0.1) is 0 Å². The molecule has 0 saturated heterocycles. The summed E-state index contributed by atoms with van der Waals surface area (Å²) in [5.41, 5.74) is 7.85. The zero-order valence-electron chi connectivity index (χ0n) is 9.61. The Bertz CT molecular complexity index is 485. The number of carbonyl (C=O) groups is 1. The number of rotatable bonds is 1. The van der Waals surface area contributed by atoms with Crippen LogP contribution in [0.3, 0.4) is 0 Å². The lowest BCUT2D eigenvalue weighted by Crippen LogP contribution is -2.35. The SMILES string of the molecule is CC1=CCN(C(=O)c2cc(Cl)ncc2N)CC1. The van der Waals surface area contributed by atoms with Crippen molar-refractivity contribution in [3.8, 4) is 0 Å². The normalized spacial score (nSPS) is 15.6. The van der Waals surface area contributed by atoms with Gasteiger partial charge in [-0.25, -0.2) is 4.98 Å². The van der Waals surface area contributed by atoms with E-state index in [0.29, 0.717) is 17.8 Å². The second-order valence-corrected chi connectivity index (χ2v) is 4.53. The molecule has 1 aromatic heterocycles. The highest BCUT2D eigenvalue weighted by Gasteiger charge is 2.20. The van der Waals surface area contributed by atoms with Crippen molar-refractivity contribution in [1.29, 1.82) is 0 Å². The Kier molecular flexibility index (Phi) is 3.33. The summed E-state index contributed by atoms with van der Waals surface area (Å²) in [5.74, 6) is -0.0875. The Hall–Kier alpha value is -1.55. The van der Waals surface area contributed by atoms with Crippen molar-refractivity contribution in [2.45, 2.75) is 13.3 Å². The Morgan fingerprint density at radius 3 is 3.00 bits per heavy atom. The minimum Gasteiger partial charge on any atom is -0.397 e. The monoisotopic (exact) mass is 251 g/mol. The molecular weight excluding hydrogens is 238 g/mol. The van der Waals surface area contributed by atoms with Gasteiger partial charge in [0.2, 0.25) is 0 Å². The maximum absolute atomic E-state index is 12.2. The number of anilines is 1. The van der Waals surface area contributed by atoms with E-state index in [9.17, 15) is 4.79 Å². The molecule has 4 nitrogen and oxygen atoms in total. The number of aromatic nitrogens is 1. The molecule has 0 atom stereocenters. The minimum absolute atomic E-state index is 0.0875. The summed E-state index contributed by atoms with van der Waals surface area (Å²) in [5, 5.41) is 0.284. The molecule has 5 heteroatoms. The molecule has 0 spiro atoms. The second kappa shape index (κ2) is 4.75. The number of nitrogens with zero attached hydrogens (tertiary/aromatic N) is 2. The number of pyridine rings is 1. The Labute approximate surface area is 105 Å². The molecule has 17 heavy (non-hydrogen) atoms. The van der Waals surface area contributed by atoms with Crippen LogP contribution in [0, 0.1) is 0 Å². The maximum Gasteiger partial charge on any atom is 0.256 e. The number of amides is 1. The molecule has 0 aromatic carbocycles. The number of carbonyl (C=O) groups excluding carboxylic acids is 1. The predicted octanol–water partition coefficient (Wildman–Crippen LogP) is 2.11. The van der Waals surface area contributed by atoms with Crippen LogP contribution in [-0.4, -0.2) is 28.9 Å². The van der Waals surface area contributed by atoms with Crippen molar-refractivity contribution >= 4 is 23.2 Å². The molecule has 2 rings (SSSR count). The van der Waals surface area contributed by atoms with Crippen LogP contribution < -0.4 is 5.73 Å². The van der Waals surface area contributed by atoms with Gasteiger partial charge >= 0.3 is 0 Å². The van der Waals surface area contributed by atoms with E-state index in [1.54, 1.807) is 4.90 Å². The highest BCUT2D eigenvalue weighted by molar-refractivity contribution is 6.29. The van der Waals surface area contributed by atoms with E-state index in [0.717, 1.165) is 13.0 Å². The first kappa shape index (κ1) is 11.9. The van der Waals surface area contributed by atoms with Crippen LogP contribution in [0.4, 0.5) is 5.69 Å². The molecule has 1 aromatic rings. The fourth-order valence-electron chi connectivity index (χ4n) is 1.75. The van der Waals surface area contributed by atoms with Crippen molar-refractivity contribution in [1.82, 2.24) is 9.88 Å². The van der Waals surface area contributed by atoms with E-state index in [4.69, 9.17) is 17.3 Å². The molecule has 90 valence electrons. The Morgan fingerprint density at radius 2 is 2.35 bits per heavy atom. The summed E-state index contributed by atoms with van der Waals surface area (Å²) in [6.45, 7) is 3.42. The number of nitrogen functional groups attached to an aromatic ring is 1. The van der Waals surface area contributed by atoms with Crippen molar-refractivity contribution < 1.29 is 4.79 Å². The molecule has 1 amide bonds. The molecule has 0 saturated carbocycles. The number of hydrogen-bond donors (Lipinski definition) is 1. The fourth-order valence-corrected chi connectivity index (χ4v) is 1.91. The van der Waals surface area contributed by atoms with Gasteiger partial charge in [-0.1, -0.05) is 23.3 Å².